The van der Waals surface area contributed by atoms with Gasteiger partial charge in [-0.15, -0.1) is 12.6 Å². The summed E-state index contributed by atoms with van der Waals surface area (Å²) in [6.07, 6.45) is 1.97. The lowest BCUT2D eigenvalue weighted by Gasteiger charge is -2.25. The summed E-state index contributed by atoms with van der Waals surface area (Å²) in [5.41, 5.74) is 0.0310. The van der Waals surface area contributed by atoms with Crippen LogP contribution in [-0.4, -0.2) is 20.6 Å². The van der Waals surface area contributed by atoms with Crippen molar-refractivity contribution in [3.05, 3.63) is 0 Å². The van der Waals surface area contributed by atoms with Crippen molar-refractivity contribution in [3.8, 4) is 0 Å². The van der Waals surface area contributed by atoms with Gasteiger partial charge in [0.1, 0.15) is 0 Å². The first-order valence-electron chi connectivity index (χ1n) is 4.51. The Labute approximate surface area is 82.3 Å². The van der Waals surface area contributed by atoms with Crippen LogP contribution in [0.15, 0.2) is 0 Å². The summed E-state index contributed by atoms with van der Waals surface area (Å²) < 4.78 is 11.3. The van der Waals surface area contributed by atoms with Crippen molar-refractivity contribution in [1.29, 1.82) is 0 Å². The fraction of sp³-hybridized carbons (Fsp3) is 1.00. The van der Waals surface area contributed by atoms with Gasteiger partial charge in [-0.25, -0.2) is 0 Å². The lowest BCUT2D eigenvalue weighted by molar-refractivity contribution is 0.165. The standard InChI is InChI=1S/C8H20O2SSi/c1-5-7-9-12(3,4)10-8(11)6-2/h8,11H,5-7H2,1-4H3. The molecule has 0 N–H and O–H groups in total. The Balaban J connectivity index is 3.69. The van der Waals surface area contributed by atoms with Gasteiger partial charge in [-0.3, -0.25) is 0 Å². The van der Waals surface area contributed by atoms with Crippen LogP contribution < -0.4 is 0 Å². The van der Waals surface area contributed by atoms with E-state index in [1.165, 1.54) is 0 Å². The van der Waals surface area contributed by atoms with Crippen LogP contribution in [0.4, 0.5) is 0 Å². The monoisotopic (exact) mass is 208 g/mol. The van der Waals surface area contributed by atoms with Gasteiger partial charge >= 0.3 is 8.56 Å². The highest BCUT2D eigenvalue weighted by Crippen LogP contribution is 2.14. The summed E-state index contributed by atoms with van der Waals surface area (Å²) in [7, 11) is -1.88. The fourth-order valence-electron chi connectivity index (χ4n) is 0.793. The normalized spacial score (nSPS) is 14.8. The Morgan fingerprint density at radius 2 is 1.92 bits per heavy atom. The Kier molecular flexibility index (Phi) is 6.26. The zero-order valence-electron chi connectivity index (χ0n) is 8.46. The van der Waals surface area contributed by atoms with Crippen LogP contribution in [0.3, 0.4) is 0 Å². The smallest absolute Gasteiger partial charge is 0.332 e. The van der Waals surface area contributed by atoms with Crippen molar-refractivity contribution in [2.75, 3.05) is 6.61 Å². The van der Waals surface area contributed by atoms with Gasteiger partial charge in [0, 0.05) is 6.61 Å². The minimum Gasteiger partial charge on any atom is -0.395 e. The number of thiol groups is 1. The molecule has 2 nitrogen and oxygen atoms in total. The molecule has 0 saturated heterocycles. The number of hydrogen-bond donors (Lipinski definition) is 1. The zero-order chi connectivity index (χ0) is 9.61. The molecule has 1 atom stereocenters. The second-order valence-corrected chi connectivity index (χ2v) is 7.13. The molecule has 1 unspecified atom stereocenters. The van der Waals surface area contributed by atoms with E-state index in [1.54, 1.807) is 0 Å². The number of hydrogen-bond acceptors (Lipinski definition) is 3. The van der Waals surface area contributed by atoms with E-state index in [2.05, 4.69) is 39.6 Å². The van der Waals surface area contributed by atoms with E-state index in [0.717, 1.165) is 19.4 Å². The van der Waals surface area contributed by atoms with Gasteiger partial charge in [0.05, 0.1) is 5.44 Å². The first kappa shape index (κ1) is 12.5. The van der Waals surface area contributed by atoms with Crippen LogP contribution in [0.5, 0.6) is 0 Å². The van der Waals surface area contributed by atoms with Crippen LogP contribution in [-0.2, 0) is 8.85 Å². The molecule has 0 rings (SSSR count). The average Bonchev–Trinajstić information content (AvgIpc) is 2.00. The van der Waals surface area contributed by atoms with Crippen molar-refractivity contribution >= 4 is 21.2 Å². The Hall–Kier alpha value is 0.487. The Morgan fingerprint density at radius 3 is 2.33 bits per heavy atom. The van der Waals surface area contributed by atoms with E-state index < -0.39 is 8.56 Å². The molecule has 12 heavy (non-hydrogen) atoms. The van der Waals surface area contributed by atoms with Crippen LogP contribution in [0.1, 0.15) is 26.7 Å². The molecule has 0 aliphatic heterocycles. The topological polar surface area (TPSA) is 18.5 Å². The highest BCUT2D eigenvalue weighted by molar-refractivity contribution is 7.80. The first-order valence-corrected chi connectivity index (χ1v) is 7.85. The molecule has 0 radical (unpaired) electrons. The van der Waals surface area contributed by atoms with Gasteiger partial charge in [-0.05, 0) is 25.9 Å². The summed E-state index contributed by atoms with van der Waals surface area (Å²) >= 11 is 4.28. The molecule has 0 heterocycles. The average molecular weight is 208 g/mol. The van der Waals surface area contributed by atoms with Gasteiger partial charge in [-0.2, -0.15) is 0 Å². The lowest BCUT2D eigenvalue weighted by Crippen LogP contribution is -2.37. The minimum atomic E-state index is -1.88. The van der Waals surface area contributed by atoms with Crippen molar-refractivity contribution in [3.63, 3.8) is 0 Å². The third-order valence-electron chi connectivity index (χ3n) is 1.42. The quantitative estimate of drug-likeness (QED) is 0.411. The van der Waals surface area contributed by atoms with E-state index in [4.69, 9.17) is 8.85 Å². The van der Waals surface area contributed by atoms with E-state index in [-0.39, 0.29) is 5.44 Å². The molecular weight excluding hydrogens is 188 g/mol. The summed E-state index contributed by atoms with van der Waals surface area (Å²) in [4.78, 5) is 0. The first-order chi connectivity index (χ1) is 5.52. The summed E-state index contributed by atoms with van der Waals surface area (Å²) in [6.45, 7) is 9.07. The minimum absolute atomic E-state index is 0.0310. The summed E-state index contributed by atoms with van der Waals surface area (Å²) in [5.74, 6) is 0. The molecule has 0 amide bonds. The fourth-order valence-corrected chi connectivity index (χ4v) is 3.14. The molecule has 4 heteroatoms. The van der Waals surface area contributed by atoms with Crippen molar-refractivity contribution in [2.45, 2.75) is 45.2 Å². The van der Waals surface area contributed by atoms with Crippen molar-refractivity contribution < 1.29 is 8.85 Å². The maximum Gasteiger partial charge on any atom is 0.332 e. The molecule has 0 aromatic carbocycles. The molecule has 0 fully saturated rings. The van der Waals surface area contributed by atoms with Gasteiger partial charge in [0.15, 0.2) is 0 Å². The van der Waals surface area contributed by atoms with E-state index in [0.29, 0.717) is 0 Å². The van der Waals surface area contributed by atoms with Crippen LogP contribution in [0, 0.1) is 0 Å². The predicted octanol–water partition coefficient (Wildman–Crippen LogP) is 2.80. The lowest BCUT2D eigenvalue weighted by atomic mass is 10.5. The van der Waals surface area contributed by atoms with E-state index >= 15 is 0 Å². The molecule has 0 aromatic heterocycles. The highest BCUT2D eigenvalue weighted by atomic mass is 32.1. The highest BCUT2D eigenvalue weighted by Gasteiger charge is 2.26. The maximum absolute atomic E-state index is 5.67. The Bertz CT molecular complexity index is 120. The molecule has 74 valence electrons. The number of rotatable bonds is 6. The van der Waals surface area contributed by atoms with Crippen LogP contribution in [0.2, 0.25) is 13.1 Å². The summed E-state index contributed by atoms with van der Waals surface area (Å²) in [5, 5.41) is 0. The summed E-state index contributed by atoms with van der Waals surface area (Å²) in [6, 6.07) is 0. The maximum atomic E-state index is 5.67. The zero-order valence-corrected chi connectivity index (χ0v) is 10.4. The second-order valence-electron chi connectivity index (χ2n) is 3.23. The largest absolute Gasteiger partial charge is 0.395 e. The molecule has 0 spiro atoms. The SMILES string of the molecule is CCCO[Si](C)(C)OC(S)CC. The van der Waals surface area contributed by atoms with Crippen LogP contribution >= 0.6 is 12.6 Å². The molecular formula is C8H20O2SSi. The van der Waals surface area contributed by atoms with Gasteiger partial charge in [0.25, 0.3) is 0 Å². The molecule has 0 aromatic rings. The predicted molar refractivity (Wildman–Crippen MR) is 57.9 cm³/mol. The van der Waals surface area contributed by atoms with Crippen molar-refractivity contribution in [2.24, 2.45) is 0 Å². The van der Waals surface area contributed by atoms with Crippen molar-refractivity contribution in [1.82, 2.24) is 0 Å². The molecule has 0 bridgehead atoms. The third kappa shape index (κ3) is 6.05. The van der Waals surface area contributed by atoms with Gasteiger partial charge < -0.3 is 8.85 Å². The van der Waals surface area contributed by atoms with Gasteiger partial charge in [-0.1, -0.05) is 13.8 Å². The second kappa shape index (κ2) is 6.02. The van der Waals surface area contributed by atoms with E-state index in [1.807, 2.05) is 0 Å². The Morgan fingerprint density at radius 1 is 1.33 bits per heavy atom. The molecule has 0 saturated carbocycles. The van der Waals surface area contributed by atoms with E-state index in [9.17, 15) is 0 Å². The van der Waals surface area contributed by atoms with Gasteiger partial charge in [0.2, 0.25) is 0 Å². The third-order valence-corrected chi connectivity index (χ3v) is 3.84. The molecule has 0 aliphatic carbocycles. The molecule has 0 aliphatic rings. The van der Waals surface area contributed by atoms with Crippen LogP contribution in [0.25, 0.3) is 0 Å².